The number of aromatic amines is 1. The monoisotopic (exact) mass is 590 g/mol. The van der Waals surface area contributed by atoms with Crippen LogP contribution in [0.3, 0.4) is 0 Å². The molecule has 228 valence electrons. The molecule has 0 aliphatic heterocycles. The summed E-state index contributed by atoms with van der Waals surface area (Å²) < 4.78 is 17.9. The van der Waals surface area contributed by atoms with Crippen molar-refractivity contribution in [2.24, 2.45) is 0 Å². The highest BCUT2D eigenvalue weighted by molar-refractivity contribution is 5.89. The first kappa shape index (κ1) is 31.4. The number of carbonyl (C=O) groups excluding carboxylic acids is 2. The van der Waals surface area contributed by atoms with Gasteiger partial charge in [0, 0.05) is 12.0 Å². The third-order valence-electron chi connectivity index (χ3n) is 6.64. The molecule has 1 atom stereocenters. The molecular weight excluding hydrogens is 552 g/mol. The van der Waals surface area contributed by atoms with Gasteiger partial charge in [-0.25, -0.2) is 19.7 Å². The SMILES string of the molecule is CCCCc1nc(C(=O)OCc2ccc(-c3ccccc3-c3nnn[nH]3)cc2)c(C(C)(C)O)n1C(C)OC(=O)OC(C)C. The summed E-state index contributed by atoms with van der Waals surface area (Å²) in [5.41, 5.74) is 2.17. The molecular formula is C31H38N6O6. The molecule has 12 nitrogen and oxygen atoms in total. The van der Waals surface area contributed by atoms with Crippen LogP contribution in [0, 0.1) is 0 Å². The number of aryl methyl sites for hydroxylation is 1. The molecule has 0 aliphatic rings. The normalized spacial score (nSPS) is 12.3. The lowest BCUT2D eigenvalue weighted by Gasteiger charge is -2.26. The minimum absolute atomic E-state index is 0.0119. The molecule has 2 aromatic carbocycles. The van der Waals surface area contributed by atoms with Crippen molar-refractivity contribution in [1.29, 1.82) is 0 Å². The second-order valence-electron chi connectivity index (χ2n) is 11.0. The number of aliphatic hydroxyl groups is 1. The van der Waals surface area contributed by atoms with Gasteiger partial charge in [0.15, 0.2) is 17.7 Å². The van der Waals surface area contributed by atoms with Gasteiger partial charge in [0.2, 0.25) is 0 Å². The lowest BCUT2D eigenvalue weighted by atomic mass is 9.98. The van der Waals surface area contributed by atoms with Crippen molar-refractivity contribution in [3.63, 3.8) is 0 Å². The van der Waals surface area contributed by atoms with Crippen molar-refractivity contribution in [2.45, 2.75) is 85.3 Å². The zero-order chi connectivity index (χ0) is 31.1. The molecule has 0 bridgehead atoms. The van der Waals surface area contributed by atoms with Gasteiger partial charge in [0.1, 0.15) is 18.0 Å². The highest BCUT2D eigenvalue weighted by Gasteiger charge is 2.35. The van der Waals surface area contributed by atoms with Gasteiger partial charge in [0.25, 0.3) is 0 Å². The second-order valence-corrected chi connectivity index (χ2v) is 11.0. The number of tetrazole rings is 1. The lowest BCUT2D eigenvalue weighted by Crippen LogP contribution is -2.28. The van der Waals surface area contributed by atoms with Crippen molar-refractivity contribution in [3.8, 4) is 22.5 Å². The topological polar surface area (TPSA) is 154 Å². The molecule has 4 aromatic rings. The Kier molecular flexibility index (Phi) is 9.92. The average Bonchev–Trinajstić information content (AvgIpc) is 3.63. The van der Waals surface area contributed by atoms with E-state index in [2.05, 4.69) is 25.6 Å². The summed E-state index contributed by atoms with van der Waals surface area (Å²) in [6.07, 6.45) is 0.0552. The zero-order valence-corrected chi connectivity index (χ0v) is 25.3. The molecule has 2 heterocycles. The second kappa shape index (κ2) is 13.6. The number of esters is 1. The molecule has 0 saturated carbocycles. The summed E-state index contributed by atoms with van der Waals surface area (Å²) in [6.45, 7) is 10.2. The minimum Gasteiger partial charge on any atom is -0.456 e. The Morgan fingerprint density at radius 3 is 2.33 bits per heavy atom. The van der Waals surface area contributed by atoms with Crippen molar-refractivity contribution in [3.05, 3.63) is 71.3 Å². The molecule has 2 N–H and O–H groups in total. The molecule has 12 heteroatoms. The quantitative estimate of drug-likeness (QED) is 0.195. The predicted molar refractivity (Wildman–Crippen MR) is 158 cm³/mol. The fourth-order valence-corrected chi connectivity index (χ4v) is 4.73. The Hall–Kier alpha value is -4.58. The smallest absolute Gasteiger partial charge is 0.456 e. The number of aromatic nitrogens is 6. The first-order valence-electron chi connectivity index (χ1n) is 14.3. The maximum Gasteiger partial charge on any atom is 0.510 e. The highest BCUT2D eigenvalue weighted by Crippen LogP contribution is 2.32. The molecule has 0 spiro atoms. The number of H-pyrrole nitrogens is 1. The van der Waals surface area contributed by atoms with Crippen LogP contribution in [0.2, 0.25) is 0 Å². The number of nitrogens with one attached hydrogen (secondary N) is 1. The number of hydrogen-bond donors (Lipinski definition) is 2. The summed E-state index contributed by atoms with van der Waals surface area (Å²) in [5, 5.41) is 25.3. The first-order valence-corrected chi connectivity index (χ1v) is 14.3. The van der Waals surface area contributed by atoms with E-state index < -0.39 is 24.0 Å². The maximum absolute atomic E-state index is 13.4. The predicted octanol–water partition coefficient (Wildman–Crippen LogP) is 5.74. The minimum atomic E-state index is -1.50. The Balaban J connectivity index is 1.56. The highest BCUT2D eigenvalue weighted by atomic mass is 16.7. The van der Waals surface area contributed by atoms with Gasteiger partial charge in [-0.05, 0) is 68.2 Å². The van der Waals surface area contributed by atoms with E-state index in [1.807, 2.05) is 55.5 Å². The molecule has 0 amide bonds. The summed E-state index contributed by atoms with van der Waals surface area (Å²) in [5.74, 6) is 0.365. The van der Waals surface area contributed by atoms with Crippen LogP contribution in [-0.2, 0) is 32.8 Å². The number of ether oxygens (including phenoxy) is 3. The zero-order valence-electron chi connectivity index (χ0n) is 25.3. The third kappa shape index (κ3) is 7.63. The van der Waals surface area contributed by atoms with Crippen LogP contribution >= 0.6 is 0 Å². The molecule has 4 rings (SSSR count). The molecule has 0 saturated heterocycles. The Labute approximate surface area is 250 Å². The summed E-state index contributed by atoms with van der Waals surface area (Å²) in [7, 11) is 0. The fraction of sp³-hybridized carbons (Fsp3) is 0.419. The van der Waals surface area contributed by atoms with Gasteiger partial charge in [-0.3, -0.25) is 4.57 Å². The Morgan fingerprint density at radius 1 is 1.02 bits per heavy atom. The van der Waals surface area contributed by atoms with Crippen LogP contribution in [0.4, 0.5) is 4.79 Å². The van der Waals surface area contributed by atoms with Crippen molar-refractivity contribution in [2.75, 3.05) is 0 Å². The summed E-state index contributed by atoms with van der Waals surface area (Å²) >= 11 is 0. The fourth-order valence-electron chi connectivity index (χ4n) is 4.73. The van der Waals surface area contributed by atoms with E-state index in [9.17, 15) is 14.7 Å². The molecule has 1 unspecified atom stereocenters. The first-order chi connectivity index (χ1) is 20.5. The van der Waals surface area contributed by atoms with E-state index in [1.165, 1.54) is 0 Å². The van der Waals surface area contributed by atoms with Crippen LogP contribution < -0.4 is 0 Å². The third-order valence-corrected chi connectivity index (χ3v) is 6.64. The average molecular weight is 591 g/mol. The number of nitrogens with zero attached hydrogens (tertiary/aromatic N) is 5. The van der Waals surface area contributed by atoms with Crippen LogP contribution in [0.1, 0.15) is 88.2 Å². The van der Waals surface area contributed by atoms with Crippen molar-refractivity contribution >= 4 is 12.1 Å². The number of carbonyl (C=O) groups is 2. The Morgan fingerprint density at radius 2 is 1.72 bits per heavy atom. The molecule has 2 aromatic heterocycles. The number of unbranched alkanes of at least 4 members (excludes halogenated alkanes) is 1. The number of rotatable bonds is 12. The van der Waals surface area contributed by atoms with E-state index in [1.54, 1.807) is 39.2 Å². The van der Waals surface area contributed by atoms with Gasteiger partial charge in [-0.1, -0.05) is 61.9 Å². The number of imidazole rings is 1. The van der Waals surface area contributed by atoms with Gasteiger partial charge in [-0.2, -0.15) is 0 Å². The van der Waals surface area contributed by atoms with Crippen LogP contribution in [-0.4, -0.2) is 53.5 Å². The summed E-state index contributed by atoms with van der Waals surface area (Å²) in [4.78, 5) is 30.3. The largest absolute Gasteiger partial charge is 0.510 e. The van der Waals surface area contributed by atoms with E-state index in [4.69, 9.17) is 14.2 Å². The van der Waals surface area contributed by atoms with E-state index >= 15 is 0 Å². The van der Waals surface area contributed by atoms with Crippen LogP contribution in [0.25, 0.3) is 22.5 Å². The van der Waals surface area contributed by atoms with Gasteiger partial charge >= 0.3 is 12.1 Å². The standard InChI is InChI=1S/C31H38N6O6/c1-7-8-13-25-32-26(27(31(5,6)40)37(25)20(4)43-30(39)42-19(2)3)29(38)41-18-21-14-16-22(17-15-21)23-11-9-10-12-24(23)28-33-35-36-34-28/h9-12,14-17,19-20,40H,7-8,13,18H2,1-6H3,(H,33,34,35,36). The molecule has 0 radical (unpaired) electrons. The maximum atomic E-state index is 13.4. The lowest BCUT2D eigenvalue weighted by molar-refractivity contribution is -0.0184. The van der Waals surface area contributed by atoms with Crippen molar-refractivity contribution in [1.82, 2.24) is 30.2 Å². The van der Waals surface area contributed by atoms with Gasteiger partial charge in [0.05, 0.1) is 11.8 Å². The van der Waals surface area contributed by atoms with Gasteiger partial charge < -0.3 is 19.3 Å². The van der Waals surface area contributed by atoms with Gasteiger partial charge in [-0.15, -0.1) is 5.10 Å². The number of benzene rings is 2. The van der Waals surface area contributed by atoms with Crippen LogP contribution in [0.15, 0.2) is 48.5 Å². The summed E-state index contributed by atoms with van der Waals surface area (Å²) in [6, 6.07) is 15.4. The molecule has 0 aliphatic carbocycles. The molecule has 43 heavy (non-hydrogen) atoms. The van der Waals surface area contributed by atoms with E-state index in [0.717, 1.165) is 35.1 Å². The number of hydrogen-bond acceptors (Lipinski definition) is 10. The van der Waals surface area contributed by atoms with Crippen LogP contribution in [0.5, 0.6) is 0 Å². The van der Waals surface area contributed by atoms with Crippen molar-refractivity contribution < 1.29 is 28.9 Å². The Bertz CT molecular complexity index is 1520. The molecule has 0 fully saturated rings. The van der Waals surface area contributed by atoms with E-state index in [0.29, 0.717) is 18.1 Å². The van der Waals surface area contributed by atoms with E-state index in [-0.39, 0.29) is 24.1 Å².